The summed E-state index contributed by atoms with van der Waals surface area (Å²) >= 11 is 0. The van der Waals surface area contributed by atoms with Gasteiger partial charge in [-0.1, -0.05) is 0 Å². The molecule has 2 rings (SSSR count). The van der Waals surface area contributed by atoms with Crippen molar-refractivity contribution < 1.29 is 29.6 Å². The summed E-state index contributed by atoms with van der Waals surface area (Å²) in [6.45, 7) is 3.73. The minimum Gasteiger partial charge on any atom is -0.491 e. The van der Waals surface area contributed by atoms with Gasteiger partial charge in [0.15, 0.2) is 0 Å². The quantitative estimate of drug-likeness (QED) is 0.396. The Morgan fingerprint density at radius 3 is 2.28 bits per heavy atom. The lowest BCUT2D eigenvalue weighted by molar-refractivity contribution is -0.115. The summed E-state index contributed by atoms with van der Waals surface area (Å²) in [5, 5.41) is 20.1. The van der Waals surface area contributed by atoms with Crippen molar-refractivity contribution in [2.45, 2.75) is 20.0 Å². The first kappa shape index (κ1) is 21.5. The van der Waals surface area contributed by atoms with Crippen LogP contribution in [0, 0.1) is 0 Å². The van der Waals surface area contributed by atoms with E-state index < -0.39 is 11.9 Å². The van der Waals surface area contributed by atoms with Crippen molar-refractivity contribution in [2.75, 3.05) is 7.05 Å². The third kappa shape index (κ3) is 6.69. The molecule has 29 heavy (non-hydrogen) atoms. The van der Waals surface area contributed by atoms with Crippen LogP contribution in [0.5, 0.6) is 17.2 Å². The molecule has 0 aliphatic carbocycles. The monoisotopic (exact) mass is 398 g/mol. The summed E-state index contributed by atoms with van der Waals surface area (Å²) in [7, 11) is 1.71. The Hall–Kier alpha value is -3.81. The lowest BCUT2D eigenvalue weighted by Crippen LogP contribution is -2.49. The summed E-state index contributed by atoms with van der Waals surface area (Å²) in [5.41, 5.74) is 0.441. The average molecular weight is 398 g/mol. The zero-order chi connectivity index (χ0) is 21.4. The molecule has 0 fully saturated rings. The van der Waals surface area contributed by atoms with E-state index in [1.165, 1.54) is 30.3 Å². The van der Waals surface area contributed by atoms with Crippen LogP contribution in [-0.2, 0) is 0 Å². The third-order valence-corrected chi connectivity index (χ3v) is 3.54. The summed E-state index contributed by atoms with van der Waals surface area (Å²) in [4.78, 5) is 23.5. The number of ether oxygens (including phenoxy) is 2. The molecule has 152 valence electrons. The van der Waals surface area contributed by atoms with Crippen molar-refractivity contribution in [1.29, 1.82) is 0 Å². The highest BCUT2D eigenvalue weighted by Crippen LogP contribution is 2.28. The van der Waals surface area contributed by atoms with Gasteiger partial charge < -0.3 is 19.9 Å². The number of aromatic carboxylic acids is 1. The van der Waals surface area contributed by atoms with Crippen molar-refractivity contribution in [3.63, 3.8) is 0 Å². The largest absolute Gasteiger partial charge is 0.491 e. The van der Waals surface area contributed by atoms with Gasteiger partial charge in [-0.2, -0.15) is 0 Å². The predicted molar refractivity (Wildman–Crippen MR) is 108 cm³/mol. The number of amidine groups is 1. The highest BCUT2D eigenvalue weighted by atomic mass is 16.5. The second kappa shape index (κ2) is 9.93. The molecule has 0 aliphatic heterocycles. The van der Waals surface area contributed by atoms with Gasteiger partial charge in [0.25, 0.3) is 5.84 Å². The maximum atomic E-state index is 12.5. The maximum absolute atomic E-state index is 12.5. The molecule has 0 aromatic heterocycles. The maximum Gasteiger partial charge on any atom is 0.339 e. The fourth-order valence-electron chi connectivity index (χ4n) is 2.32. The number of carbonyl (C=O) groups excluding carboxylic acids is 1. The van der Waals surface area contributed by atoms with E-state index in [2.05, 4.69) is 10.6 Å². The van der Waals surface area contributed by atoms with Gasteiger partial charge in [0, 0.05) is 25.4 Å². The van der Waals surface area contributed by atoms with Gasteiger partial charge in [-0.15, -0.1) is 0 Å². The smallest absolute Gasteiger partial charge is 0.339 e. The molecule has 0 atom stereocenters. The zero-order valence-electron chi connectivity index (χ0n) is 16.4. The first-order valence-electron chi connectivity index (χ1n) is 8.89. The molecule has 2 aromatic carbocycles. The number of rotatable bonds is 8. The van der Waals surface area contributed by atoms with Crippen molar-refractivity contribution >= 4 is 17.7 Å². The minimum atomic E-state index is -1.02. The van der Waals surface area contributed by atoms with Crippen LogP contribution in [0.4, 0.5) is 0 Å². The second-order valence-electron chi connectivity index (χ2n) is 6.32. The Morgan fingerprint density at radius 1 is 1.03 bits per heavy atom. The van der Waals surface area contributed by atoms with E-state index in [4.69, 9.17) is 20.0 Å². The third-order valence-electron chi connectivity index (χ3n) is 3.54. The molecule has 5 N–H and O–H groups in total. The molecule has 0 saturated heterocycles. The number of nitrogens with two attached hydrogens (primary N) is 1. The van der Waals surface area contributed by atoms with Crippen LogP contribution in [0.3, 0.4) is 0 Å². The van der Waals surface area contributed by atoms with E-state index in [9.17, 15) is 9.59 Å². The van der Waals surface area contributed by atoms with E-state index in [0.717, 1.165) is 0 Å². The topological polar surface area (TPSA) is 122 Å². The van der Waals surface area contributed by atoms with Crippen molar-refractivity contribution in [3.05, 3.63) is 65.9 Å². The first-order valence-corrected chi connectivity index (χ1v) is 8.89. The van der Waals surface area contributed by atoms with Gasteiger partial charge in [-0.05, 0) is 50.2 Å². The summed E-state index contributed by atoms with van der Waals surface area (Å²) in [6.07, 6.45) is 3.00. The van der Waals surface area contributed by atoms with E-state index in [1.54, 1.807) is 31.4 Å². The highest BCUT2D eigenvalue weighted by Gasteiger charge is 2.16. The molecule has 0 saturated carbocycles. The fourth-order valence-corrected chi connectivity index (χ4v) is 2.32. The Bertz CT molecular complexity index is 920. The molecular weight excluding hydrogens is 374 g/mol. The number of carboxylic acid groups (broad SMARTS) is 1. The molecule has 0 aliphatic rings. The molecule has 2 aromatic rings. The summed E-state index contributed by atoms with van der Waals surface area (Å²) in [5.74, 6) is -0.0419. The lowest BCUT2D eigenvalue weighted by atomic mass is 10.1. The van der Waals surface area contributed by atoms with E-state index >= 15 is 0 Å². The Morgan fingerprint density at radius 2 is 1.69 bits per heavy atom. The second-order valence-corrected chi connectivity index (χ2v) is 6.32. The SMILES string of the molecule is CN/C=C\C(=[NH2+])NC(=O)c1cc(Oc2ccc(C(=O)O)cc2)cc(OC(C)C)c1. The molecule has 1 amide bonds. The summed E-state index contributed by atoms with van der Waals surface area (Å²) < 4.78 is 11.5. The molecule has 0 bridgehead atoms. The normalized spacial score (nSPS) is 10.6. The van der Waals surface area contributed by atoms with Crippen LogP contribution >= 0.6 is 0 Å². The van der Waals surface area contributed by atoms with E-state index in [0.29, 0.717) is 22.8 Å². The molecule has 0 unspecified atom stereocenters. The highest BCUT2D eigenvalue weighted by molar-refractivity contribution is 6.08. The van der Waals surface area contributed by atoms with Crippen molar-refractivity contribution in [3.8, 4) is 17.2 Å². The van der Waals surface area contributed by atoms with Gasteiger partial charge in [-0.3, -0.25) is 5.41 Å². The Balaban J connectivity index is 2.27. The van der Waals surface area contributed by atoms with Crippen molar-refractivity contribution in [1.82, 2.24) is 10.6 Å². The molecule has 0 heterocycles. The van der Waals surface area contributed by atoms with Gasteiger partial charge in [-0.25, -0.2) is 14.9 Å². The molecule has 0 spiro atoms. The van der Waals surface area contributed by atoms with Crippen LogP contribution in [0.1, 0.15) is 34.6 Å². The zero-order valence-corrected chi connectivity index (χ0v) is 16.4. The van der Waals surface area contributed by atoms with Crippen molar-refractivity contribution in [2.24, 2.45) is 0 Å². The van der Waals surface area contributed by atoms with E-state index in [-0.39, 0.29) is 17.5 Å². The molecule has 0 radical (unpaired) electrons. The van der Waals surface area contributed by atoms with E-state index in [1.807, 2.05) is 13.8 Å². The lowest BCUT2D eigenvalue weighted by Gasteiger charge is -2.13. The summed E-state index contributed by atoms with van der Waals surface area (Å²) in [6, 6.07) is 10.7. The standard InChI is InChI=1S/C21H23N3O5/c1-13(2)28-17-10-15(20(25)24-19(22)8-9-23-3)11-18(12-17)29-16-6-4-14(5-7-16)21(26)27/h4-13,23H,1-3H3,(H,26,27)(H2,22,24,25)/p+1/b9-8-. The fraction of sp³-hybridized carbons (Fsp3) is 0.190. The minimum absolute atomic E-state index is 0.105. The number of amides is 1. The van der Waals surface area contributed by atoms with Gasteiger partial charge in [0.1, 0.15) is 17.2 Å². The molecular formula is C21H24N3O5+. The van der Waals surface area contributed by atoms with Crippen LogP contribution < -0.4 is 25.5 Å². The number of hydrogen-bond acceptors (Lipinski definition) is 5. The number of hydrogen-bond donors (Lipinski definition) is 4. The molecule has 8 heteroatoms. The predicted octanol–water partition coefficient (Wildman–Crippen LogP) is 1.58. The Kier molecular flexibility index (Phi) is 7.36. The van der Waals surface area contributed by atoms with Gasteiger partial charge in [0.2, 0.25) is 0 Å². The van der Waals surface area contributed by atoms with Crippen LogP contribution in [0.2, 0.25) is 0 Å². The molecule has 8 nitrogen and oxygen atoms in total. The number of nitrogens with one attached hydrogen (secondary N) is 2. The van der Waals surface area contributed by atoms with Gasteiger partial charge in [0.05, 0.1) is 17.2 Å². The van der Waals surface area contributed by atoms with Gasteiger partial charge >= 0.3 is 11.9 Å². The Labute approximate surface area is 168 Å². The number of carboxylic acids is 1. The number of carbonyl (C=O) groups is 2. The first-order chi connectivity index (χ1) is 13.8. The van der Waals surface area contributed by atoms with Crippen LogP contribution in [0.25, 0.3) is 0 Å². The van der Waals surface area contributed by atoms with Crippen LogP contribution in [-0.4, -0.2) is 36.0 Å². The average Bonchev–Trinajstić information content (AvgIpc) is 2.66. The number of benzene rings is 2. The van der Waals surface area contributed by atoms with Crippen LogP contribution in [0.15, 0.2) is 54.7 Å².